The summed E-state index contributed by atoms with van der Waals surface area (Å²) in [5, 5.41) is 16.0. The number of hydrogen-bond donors (Lipinski definition) is 3. The van der Waals surface area contributed by atoms with E-state index in [1.165, 1.54) is 0 Å². The van der Waals surface area contributed by atoms with Crippen molar-refractivity contribution in [1.82, 2.24) is 15.2 Å². The Balaban J connectivity index is 0.00000103. The van der Waals surface area contributed by atoms with Gasteiger partial charge in [0.25, 0.3) is 0 Å². The van der Waals surface area contributed by atoms with E-state index in [9.17, 15) is 37.6 Å². The zero-order valence-corrected chi connectivity index (χ0v) is 22.5. The molecule has 1 aliphatic rings. The SMILES string of the molecule is CC(C)(C)C.N#CC1CC(C(=O)Nc2ccccc2)CN1C(=O)CNC(=O)C(=O)Nc1cc(C(F)(F)F)ccn1. The average molecular weight is 561 g/mol. The van der Waals surface area contributed by atoms with Crippen molar-refractivity contribution in [2.75, 3.05) is 23.7 Å². The van der Waals surface area contributed by atoms with Gasteiger partial charge in [0, 0.05) is 18.4 Å². The minimum absolute atomic E-state index is 0.0635. The Bertz CT molecular complexity index is 1250. The predicted molar refractivity (Wildman–Crippen MR) is 140 cm³/mol. The number of carbonyl (C=O) groups excluding carboxylic acids is 4. The van der Waals surface area contributed by atoms with Crippen LogP contribution < -0.4 is 16.0 Å². The summed E-state index contributed by atoms with van der Waals surface area (Å²) < 4.78 is 38.3. The molecule has 2 heterocycles. The summed E-state index contributed by atoms with van der Waals surface area (Å²) in [7, 11) is 0. The Labute approximate surface area is 229 Å². The maximum atomic E-state index is 12.8. The number of anilines is 2. The molecule has 2 unspecified atom stereocenters. The third-order valence-electron chi connectivity index (χ3n) is 5.12. The van der Waals surface area contributed by atoms with Crippen LogP contribution in [-0.2, 0) is 25.4 Å². The lowest BCUT2D eigenvalue weighted by Gasteiger charge is -2.19. The molecule has 0 bridgehead atoms. The molecule has 0 radical (unpaired) electrons. The maximum Gasteiger partial charge on any atom is 0.416 e. The number of rotatable bonds is 5. The van der Waals surface area contributed by atoms with E-state index in [1.807, 2.05) is 11.4 Å². The van der Waals surface area contributed by atoms with Gasteiger partial charge in [-0.15, -0.1) is 0 Å². The molecule has 1 fully saturated rings. The van der Waals surface area contributed by atoms with Crippen LogP contribution in [0, 0.1) is 22.7 Å². The summed E-state index contributed by atoms with van der Waals surface area (Å²) in [4.78, 5) is 53.7. The summed E-state index contributed by atoms with van der Waals surface area (Å²) in [6, 6.07) is 10.9. The fourth-order valence-electron chi connectivity index (χ4n) is 3.38. The minimum atomic E-state index is -4.67. The van der Waals surface area contributed by atoms with Crippen molar-refractivity contribution in [1.29, 1.82) is 5.26 Å². The molecular weight excluding hydrogens is 529 g/mol. The number of nitriles is 1. The second kappa shape index (κ2) is 13.5. The number of aromatic nitrogens is 1. The fourth-order valence-corrected chi connectivity index (χ4v) is 3.38. The molecule has 0 saturated carbocycles. The van der Waals surface area contributed by atoms with Crippen molar-refractivity contribution in [2.24, 2.45) is 11.3 Å². The number of para-hydroxylation sites is 1. The quantitative estimate of drug-likeness (QED) is 0.477. The van der Waals surface area contributed by atoms with Gasteiger partial charge in [0.15, 0.2) is 0 Å². The van der Waals surface area contributed by atoms with Crippen LogP contribution in [0.3, 0.4) is 0 Å². The van der Waals surface area contributed by atoms with Gasteiger partial charge in [0.05, 0.1) is 24.1 Å². The smallest absolute Gasteiger partial charge is 0.339 e. The van der Waals surface area contributed by atoms with E-state index in [-0.39, 0.29) is 18.9 Å². The highest BCUT2D eigenvalue weighted by atomic mass is 19.4. The van der Waals surface area contributed by atoms with Gasteiger partial charge >= 0.3 is 18.0 Å². The van der Waals surface area contributed by atoms with E-state index in [1.54, 1.807) is 30.3 Å². The molecule has 214 valence electrons. The molecule has 1 aromatic heterocycles. The summed E-state index contributed by atoms with van der Waals surface area (Å²) in [5.74, 6) is -4.85. The van der Waals surface area contributed by atoms with E-state index in [0.717, 1.165) is 11.1 Å². The second-order valence-electron chi connectivity index (χ2n) is 10.5. The minimum Gasteiger partial charge on any atom is -0.339 e. The van der Waals surface area contributed by atoms with Crippen molar-refractivity contribution >= 4 is 35.1 Å². The van der Waals surface area contributed by atoms with Gasteiger partial charge in [0.1, 0.15) is 11.9 Å². The molecular formula is C27H31F3N6O4. The Morgan fingerprint density at radius 2 is 1.65 bits per heavy atom. The number of alkyl halides is 3. The highest BCUT2D eigenvalue weighted by Gasteiger charge is 2.39. The van der Waals surface area contributed by atoms with Crippen LogP contribution in [-0.4, -0.2) is 52.6 Å². The topological polar surface area (TPSA) is 144 Å². The number of pyridine rings is 1. The number of halogens is 3. The van der Waals surface area contributed by atoms with Gasteiger partial charge in [-0.1, -0.05) is 45.9 Å². The normalized spacial score (nSPS) is 16.6. The molecule has 3 rings (SSSR count). The fraction of sp³-hybridized carbons (Fsp3) is 0.407. The van der Waals surface area contributed by atoms with Crippen molar-refractivity contribution in [3.63, 3.8) is 0 Å². The zero-order chi connectivity index (χ0) is 30.1. The molecule has 13 heteroatoms. The van der Waals surface area contributed by atoms with Gasteiger partial charge in [-0.25, -0.2) is 4.98 Å². The van der Waals surface area contributed by atoms with Crippen LogP contribution in [0.1, 0.15) is 39.7 Å². The average Bonchev–Trinajstić information content (AvgIpc) is 3.31. The molecule has 2 atom stereocenters. The zero-order valence-electron chi connectivity index (χ0n) is 22.5. The Hall–Kier alpha value is -4.47. The van der Waals surface area contributed by atoms with Crippen LogP contribution in [0.15, 0.2) is 48.7 Å². The van der Waals surface area contributed by atoms with Gasteiger partial charge in [-0.2, -0.15) is 18.4 Å². The number of amides is 4. The summed E-state index contributed by atoms with van der Waals surface area (Å²) in [6.45, 7) is 8.03. The predicted octanol–water partition coefficient (Wildman–Crippen LogP) is 3.59. The highest BCUT2D eigenvalue weighted by molar-refractivity contribution is 6.39. The summed E-state index contributed by atoms with van der Waals surface area (Å²) >= 11 is 0. The van der Waals surface area contributed by atoms with Crippen molar-refractivity contribution in [3.05, 3.63) is 54.2 Å². The van der Waals surface area contributed by atoms with Crippen LogP contribution >= 0.6 is 0 Å². The van der Waals surface area contributed by atoms with E-state index in [0.29, 0.717) is 23.2 Å². The third-order valence-corrected chi connectivity index (χ3v) is 5.12. The maximum absolute atomic E-state index is 12.8. The highest BCUT2D eigenvalue weighted by Crippen LogP contribution is 2.30. The Morgan fingerprint density at radius 3 is 2.23 bits per heavy atom. The standard InChI is InChI=1S/C22H19F3N6O4.C5H12/c23-22(24,25)14-6-7-27-17(9-14)30-21(35)20(34)28-11-18(32)31-12-13(8-16(31)10-26)19(33)29-15-4-2-1-3-5-15;1-5(2,3)4/h1-7,9,13,16H,8,11-12H2,(H,28,34)(H,29,33)(H,27,30,35);1-4H3. The Morgan fingerprint density at radius 1 is 1.02 bits per heavy atom. The van der Waals surface area contributed by atoms with Gasteiger partial charge in [-0.3, -0.25) is 19.2 Å². The first kappa shape index (κ1) is 31.7. The van der Waals surface area contributed by atoms with E-state index >= 15 is 0 Å². The molecule has 1 saturated heterocycles. The monoisotopic (exact) mass is 560 g/mol. The number of benzene rings is 1. The number of nitrogens with one attached hydrogen (secondary N) is 3. The second-order valence-corrected chi connectivity index (χ2v) is 10.5. The third kappa shape index (κ3) is 10.4. The first-order valence-corrected chi connectivity index (χ1v) is 12.3. The van der Waals surface area contributed by atoms with E-state index < -0.39 is 53.8 Å². The molecule has 4 amide bonds. The number of likely N-dealkylation sites (tertiary alicyclic amines) is 1. The first-order valence-electron chi connectivity index (χ1n) is 12.3. The molecule has 10 nitrogen and oxygen atoms in total. The number of nitrogens with zero attached hydrogens (tertiary/aromatic N) is 3. The van der Waals surface area contributed by atoms with Gasteiger partial charge < -0.3 is 20.9 Å². The van der Waals surface area contributed by atoms with Crippen molar-refractivity contribution < 1.29 is 32.3 Å². The Kier molecular flexibility index (Phi) is 10.8. The van der Waals surface area contributed by atoms with Gasteiger partial charge in [-0.05, 0) is 36.1 Å². The molecule has 1 aliphatic heterocycles. The van der Waals surface area contributed by atoms with Crippen LogP contribution in [0.2, 0.25) is 0 Å². The van der Waals surface area contributed by atoms with E-state index in [4.69, 9.17) is 0 Å². The molecule has 1 aromatic carbocycles. The first-order chi connectivity index (χ1) is 18.6. The van der Waals surface area contributed by atoms with Gasteiger partial charge in [0.2, 0.25) is 11.8 Å². The molecule has 40 heavy (non-hydrogen) atoms. The lowest BCUT2D eigenvalue weighted by atomic mass is 10.0. The molecule has 3 N–H and O–H groups in total. The number of carbonyl (C=O) groups is 4. The summed E-state index contributed by atoms with van der Waals surface area (Å²) in [6.07, 6.45) is -3.75. The summed E-state index contributed by atoms with van der Waals surface area (Å²) in [5.41, 5.74) is -0.00913. The van der Waals surface area contributed by atoms with Crippen LogP contribution in [0.4, 0.5) is 24.7 Å². The van der Waals surface area contributed by atoms with Crippen LogP contribution in [0.25, 0.3) is 0 Å². The lowest BCUT2D eigenvalue weighted by molar-refractivity contribution is -0.138. The molecule has 0 aliphatic carbocycles. The lowest BCUT2D eigenvalue weighted by Crippen LogP contribution is -2.45. The number of hydrogen-bond acceptors (Lipinski definition) is 6. The van der Waals surface area contributed by atoms with Crippen molar-refractivity contribution in [3.8, 4) is 6.07 Å². The van der Waals surface area contributed by atoms with Crippen LogP contribution in [0.5, 0.6) is 0 Å². The molecule has 0 spiro atoms. The molecule has 2 aromatic rings. The van der Waals surface area contributed by atoms with Crippen molar-refractivity contribution in [2.45, 2.75) is 46.3 Å². The van der Waals surface area contributed by atoms with E-state index in [2.05, 4.69) is 43.3 Å². The largest absolute Gasteiger partial charge is 0.416 e.